The Kier molecular flexibility index (Phi) is 3.56. The van der Waals surface area contributed by atoms with Crippen LogP contribution in [0, 0.1) is 17.1 Å². The number of nitrogen functional groups attached to an aromatic ring is 1. The van der Waals surface area contributed by atoms with E-state index in [4.69, 9.17) is 11.0 Å². The van der Waals surface area contributed by atoms with Crippen LogP contribution in [-0.2, 0) is 13.0 Å². The highest BCUT2D eigenvalue weighted by Gasteiger charge is 2.22. The molecule has 1 aliphatic rings. The molecule has 0 aromatic heterocycles. The number of hydrogen-bond acceptors (Lipinski definition) is 3. The van der Waals surface area contributed by atoms with Gasteiger partial charge in [0, 0.05) is 18.8 Å². The van der Waals surface area contributed by atoms with E-state index in [1.165, 1.54) is 5.56 Å². The molecular formula is C16H13BrFN3. The summed E-state index contributed by atoms with van der Waals surface area (Å²) in [4.78, 5) is 1.96. The first kappa shape index (κ1) is 13.9. The molecule has 2 aromatic rings. The average molecular weight is 346 g/mol. The molecule has 0 spiro atoms. The SMILES string of the molecule is N#Cc1ccc(N2CCc3cccc(N)c3C2)c(F)c1Br. The van der Waals surface area contributed by atoms with Crippen molar-refractivity contribution in [3.05, 3.63) is 57.3 Å². The van der Waals surface area contributed by atoms with Gasteiger partial charge in [-0.3, -0.25) is 0 Å². The van der Waals surface area contributed by atoms with Gasteiger partial charge in [0.1, 0.15) is 6.07 Å². The maximum atomic E-state index is 14.4. The fraction of sp³-hybridized carbons (Fsp3) is 0.188. The summed E-state index contributed by atoms with van der Waals surface area (Å²) in [5.41, 5.74) is 9.84. The van der Waals surface area contributed by atoms with Crippen LogP contribution in [0.5, 0.6) is 0 Å². The standard InChI is InChI=1S/C16H13BrFN3/c17-15-11(8-19)4-5-14(16(15)18)21-7-6-10-2-1-3-13(20)12(10)9-21/h1-5H,6-7,9,20H2. The van der Waals surface area contributed by atoms with Crippen molar-refractivity contribution in [1.29, 1.82) is 5.26 Å². The van der Waals surface area contributed by atoms with E-state index in [-0.39, 0.29) is 4.47 Å². The van der Waals surface area contributed by atoms with Crippen LogP contribution in [0.25, 0.3) is 0 Å². The van der Waals surface area contributed by atoms with Crippen LogP contribution < -0.4 is 10.6 Å². The highest BCUT2D eigenvalue weighted by atomic mass is 79.9. The molecule has 2 aromatic carbocycles. The van der Waals surface area contributed by atoms with E-state index in [0.717, 1.165) is 24.2 Å². The number of nitrogens with two attached hydrogens (primary N) is 1. The molecule has 3 rings (SSSR count). The van der Waals surface area contributed by atoms with Gasteiger partial charge in [-0.2, -0.15) is 5.26 Å². The monoisotopic (exact) mass is 345 g/mol. The Morgan fingerprint density at radius 1 is 1.29 bits per heavy atom. The largest absolute Gasteiger partial charge is 0.398 e. The maximum Gasteiger partial charge on any atom is 0.161 e. The molecule has 21 heavy (non-hydrogen) atoms. The zero-order valence-corrected chi connectivity index (χ0v) is 12.8. The molecule has 0 bridgehead atoms. The van der Waals surface area contributed by atoms with Crippen molar-refractivity contribution in [2.24, 2.45) is 0 Å². The van der Waals surface area contributed by atoms with Gasteiger partial charge in [-0.25, -0.2) is 4.39 Å². The van der Waals surface area contributed by atoms with Crippen molar-refractivity contribution in [2.45, 2.75) is 13.0 Å². The summed E-state index contributed by atoms with van der Waals surface area (Å²) < 4.78 is 14.7. The summed E-state index contributed by atoms with van der Waals surface area (Å²) in [6, 6.07) is 11.1. The van der Waals surface area contributed by atoms with Gasteiger partial charge >= 0.3 is 0 Å². The van der Waals surface area contributed by atoms with Crippen LogP contribution in [-0.4, -0.2) is 6.54 Å². The molecule has 0 unspecified atom stereocenters. The lowest BCUT2D eigenvalue weighted by molar-refractivity contribution is 0.604. The minimum Gasteiger partial charge on any atom is -0.398 e. The number of benzene rings is 2. The Morgan fingerprint density at radius 3 is 2.86 bits per heavy atom. The molecule has 2 N–H and O–H groups in total. The van der Waals surface area contributed by atoms with Gasteiger partial charge in [0.25, 0.3) is 0 Å². The first-order valence-corrected chi connectivity index (χ1v) is 7.40. The lowest BCUT2D eigenvalue weighted by atomic mass is 9.97. The molecular weight excluding hydrogens is 333 g/mol. The lowest BCUT2D eigenvalue weighted by Crippen LogP contribution is -2.31. The number of hydrogen-bond donors (Lipinski definition) is 1. The Labute approximate surface area is 130 Å². The molecule has 0 aliphatic carbocycles. The molecule has 0 saturated heterocycles. The van der Waals surface area contributed by atoms with Crippen LogP contribution in [0.2, 0.25) is 0 Å². The summed E-state index contributed by atoms with van der Waals surface area (Å²) in [5.74, 6) is -0.396. The Bertz CT molecular complexity index is 752. The topological polar surface area (TPSA) is 53.0 Å². The number of anilines is 2. The van der Waals surface area contributed by atoms with Crippen LogP contribution in [0.1, 0.15) is 16.7 Å². The van der Waals surface area contributed by atoms with Crippen molar-refractivity contribution >= 4 is 27.3 Å². The van der Waals surface area contributed by atoms with Crippen LogP contribution >= 0.6 is 15.9 Å². The van der Waals surface area contributed by atoms with Crippen LogP contribution in [0.3, 0.4) is 0 Å². The molecule has 0 amide bonds. The number of nitrogens with zero attached hydrogens (tertiary/aromatic N) is 2. The first-order chi connectivity index (χ1) is 10.1. The van der Waals surface area contributed by atoms with Crippen molar-refractivity contribution in [1.82, 2.24) is 0 Å². The zero-order valence-electron chi connectivity index (χ0n) is 11.2. The van der Waals surface area contributed by atoms with Crippen molar-refractivity contribution in [2.75, 3.05) is 17.2 Å². The van der Waals surface area contributed by atoms with E-state index in [1.807, 2.05) is 23.1 Å². The van der Waals surface area contributed by atoms with E-state index >= 15 is 0 Å². The minimum absolute atomic E-state index is 0.217. The Balaban J connectivity index is 1.99. The lowest BCUT2D eigenvalue weighted by Gasteiger charge is -2.32. The third kappa shape index (κ3) is 2.36. The fourth-order valence-electron chi connectivity index (χ4n) is 2.68. The molecule has 0 saturated carbocycles. The predicted molar refractivity (Wildman–Crippen MR) is 84.4 cm³/mol. The molecule has 0 radical (unpaired) electrons. The third-order valence-electron chi connectivity index (χ3n) is 3.83. The molecule has 0 fully saturated rings. The summed E-state index contributed by atoms with van der Waals surface area (Å²) in [6.45, 7) is 1.31. The van der Waals surface area contributed by atoms with Crippen molar-refractivity contribution in [3.8, 4) is 6.07 Å². The van der Waals surface area contributed by atoms with E-state index in [9.17, 15) is 4.39 Å². The Hall–Kier alpha value is -2.06. The summed E-state index contributed by atoms with van der Waals surface area (Å²) >= 11 is 3.16. The second-order valence-electron chi connectivity index (χ2n) is 5.03. The second kappa shape index (κ2) is 5.38. The van der Waals surface area contributed by atoms with E-state index < -0.39 is 5.82 Å². The molecule has 1 heterocycles. The van der Waals surface area contributed by atoms with Gasteiger partial charge in [-0.05, 0) is 51.7 Å². The van der Waals surface area contributed by atoms with Gasteiger partial charge in [0.05, 0.1) is 15.7 Å². The van der Waals surface area contributed by atoms with E-state index in [2.05, 4.69) is 22.0 Å². The summed E-state index contributed by atoms with van der Waals surface area (Å²) in [5, 5.41) is 8.93. The van der Waals surface area contributed by atoms with Gasteiger partial charge in [-0.1, -0.05) is 12.1 Å². The molecule has 1 aliphatic heterocycles. The van der Waals surface area contributed by atoms with E-state index in [0.29, 0.717) is 17.8 Å². The van der Waals surface area contributed by atoms with E-state index in [1.54, 1.807) is 12.1 Å². The van der Waals surface area contributed by atoms with Gasteiger partial charge in [0.15, 0.2) is 5.82 Å². The third-order valence-corrected chi connectivity index (χ3v) is 4.61. The summed E-state index contributed by atoms with van der Waals surface area (Å²) in [7, 11) is 0. The molecule has 106 valence electrons. The second-order valence-corrected chi connectivity index (χ2v) is 5.82. The van der Waals surface area contributed by atoms with Crippen LogP contribution in [0.4, 0.5) is 15.8 Å². The highest BCUT2D eigenvalue weighted by molar-refractivity contribution is 9.10. The highest BCUT2D eigenvalue weighted by Crippen LogP contribution is 2.33. The predicted octanol–water partition coefficient (Wildman–Crippen LogP) is 3.60. The van der Waals surface area contributed by atoms with Gasteiger partial charge in [-0.15, -0.1) is 0 Å². The maximum absolute atomic E-state index is 14.4. The minimum atomic E-state index is -0.396. The van der Waals surface area contributed by atoms with Crippen molar-refractivity contribution < 1.29 is 4.39 Å². The normalized spacial score (nSPS) is 13.7. The fourth-order valence-corrected chi connectivity index (χ4v) is 3.11. The van der Waals surface area contributed by atoms with Crippen LogP contribution in [0.15, 0.2) is 34.8 Å². The number of halogens is 2. The quantitative estimate of drug-likeness (QED) is 0.803. The van der Waals surface area contributed by atoms with Gasteiger partial charge < -0.3 is 10.6 Å². The number of nitriles is 1. The molecule has 3 nitrogen and oxygen atoms in total. The summed E-state index contributed by atoms with van der Waals surface area (Å²) in [6.07, 6.45) is 0.831. The first-order valence-electron chi connectivity index (χ1n) is 6.61. The van der Waals surface area contributed by atoms with Crippen molar-refractivity contribution in [3.63, 3.8) is 0 Å². The Morgan fingerprint density at radius 2 is 2.10 bits per heavy atom. The number of rotatable bonds is 1. The average Bonchev–Trinajstić information content (AvgIpc) is 2.50. The zero-order chi connectivity index (χ0) is 15.0. The molecule has 0 atom stereocenters. The van der Waals surface area contributed by atoms with Gasteiger partial charge in [0.2, 0.25) is 0 Å². The smallest absolute Gasteiger partial charge is 0.161 e. The number of fused-ring (bicyclic) bond motifs is 1. The molecule has 5 heteroatoms.